The summed E-state index contributed by atoms with van der Waals surface area (Å²) in [6, 6.07) is 0.608. The second-order valence-corrected chi connectivity index (χ2v) is 6.31. The molecule has 19 heavy (non-hydrogen) atoms. The summed E-state index contributed by atoms with van der Waals surface area (Å²) < 4.78 is 16.3. The summed E-state index contributed by atoms with van der Waals surface area (Å²) in [5.74, 6) is 0.721. The van der Waals surface area contributed by atoms with Crippen LogP contribution in [0.4, 0.5) is 0 Å². The first kappa shape index (κ1) is 15.2. The Balaban J connectivity index is 1.60. The van der Waals surface area contributed by atoms with Gasteiger partial charge in [0, 0.05) is 37.7 Å². The zero-order chi connectivity index (χ0) is 13.7. The highest BCUT2D eigenvalue weighted by atomic mass is 16.5. The minimum absolute atomic E-state index is 0.280. The Bertz CT molecular complexity index is 270. The molecule has 3 unspecified atom stereocenters. The van der Waals surface area contributed by atoms with Gasteiger partial charge in [-0.2, -0.15) is 0 Å². The second kappa shape index (κ2) is 7.02. The van der Waals surface area contributed by atoms with E-state index >= 15 is 0 Å². The Kier molecular flexibility index (Phi) is 5.63. The highest BCUT2D eigenvalue weighted by Gasteiger charge is 2.57. The Morgan fingerprint density at radius 3 is 2.89 bits per heavy atom. The van der Waals surface area contributed by atoms with Gasteiger partial charge in [-0.3, -0.25) is 0 Å². The number of fused-ring (bicyclic) bond motifs is 1. The predicted octanol–water partition coefficient (Wildman–Crippen LogP) is 1.83. The lowest BCUT2D eigenvalue weighted by Crippen LogP contribution is -2.69. The molecule has 112 valence electrons. The standard InChI is InChI=1S/C15H29NO3/c1-15(2)13(12-6-4-9-19-14(12)15)16-7-5-8-18-11-10-17-3/h12-14,16H,4-11H2,1-3H3. The van der Waals surface area contributed by atoms with Gasteiger partial charge in [-0.15, -0.1) is 0 Å². The van der Waals surface area contributed by atoms with E-state index < -0.39 is 0 Å². The SMILES string of the molecule is COCCOCCCNC1C2CCCOC2C1(C)C. The maximum Gasteiger partial charge on any atom is 0.0700 e. The zero-order valence-electron chi connectivity index (χ0n) is 12.6. The molecule has 1 heterocycles. The van der Waals surface area contributed by atoms with Crippen LogP contribution in [-0.4, -0.2) is 52.2 Å². The van der Waals surface area contributed by atoms with E-state index in [1.54, 1.807) is 7.11 Å². The monoisotopic (exact) mass is 271 g/mol. The van der Waals surface area contributed by atoms with Crippen LogP contribution in [0.5, 0.6) is 0 Å². The molecule has 2 rings (SSSR count). The van der Waals surface area contributed by atoms with Gasteiger partial charge >= 0.3 is 0 Å². The smallest absolute Gasteiger partial charge is 0.0700 e. The molecule has 1 N–H and O–H groups in total. The first-order valence-electron chi connectivity index (χ1n) is 7.59. The lowest BCUT2D eigenvalue weighted by molar-refractivity contribution is -0.192. The summed E-state index contributed by atoms with van der Waals surface area (Å²) in [6.07, 6.45) is 4.07. The van der Waals surface area contributed by atoms with E-state index in [1.165, 1.54) is 12.8 Å². The summed E-state index contributed by atoms with van der Waals surface area (Å²) in [5.41, 5.74) is 0.280. The second-order valence-electron chi connectivity index (χ2n) is 6.31. The summed E-state index contributed by atoms with van der Waals surface area (Å²) in [7, 11) is 1.70. The van der Waals surface area contributed by atoms with Gasteiger partial charge in [0.05, 0.1) is 19.3 Å². The van der Waals surface area contributed by atoms with Gasteiger partial charge in [-0.05, 0) is 25.8 Å². The summed E-state index contributed by atoms with van der Waals surface area (Å²) in [4.78, 5) is 0. The average molecular weight is 271 g/mol. The third kappa shape index (κ3) is 3.48. The number of rotatable bonds is 8. The summed E-state index contributed by atoms with van der Waals surface area (Å²) >= 11 is 0. The number of hydrogen-bond donors (Lipinski definition) is 1. The summed E-state index contributed by atoms with van der Waals surface area (Å²) in [6.45, 7) is 8.83. The Morgan fingerprint density at radius 1 is 1.26 bits per heavy atom. The summed E-state index contributed by atoms with van der Waals surface area (Å²) in [5, 5.41) is 3.71. The van der Waals surface area contributed by atoms with Gasteiger partial charge in [-0.1, -0.05) is 13.8 Å². The van der Waals surface area contributed by atoms with Gasteiger partial charge in [0.1, 0.15) is 0 Å². The molecule has 1 saturated carbocycles. The minimum atomic E-state index is 0.280. The molecular weight excluding hydrogens is 242 g/mol. The van der Waals surface area contributed by atoms with Crippen LogP contribution in [0.25, 0.3) is 0 Å². The van der Waals surface area contributed by atoms with Crippen LogP contribution in [0.2, 0.25) is 0 Å². The van der Waals surface area contributed by atoms with Crippen molar-refractivity contribution < 1.29 is 14.2 Å². The highest BCUT2D eigenvalue weighted by molar-refractivity contribution is 5.10. The van der Waals surface area contributed by atoms with Crippen LogP contribution in [-0.2, 0) is 14.2 Å². The molecule has 0 aromatic rings. The van der Waals surface area contributed by atoms with Gasteiger partial charge < -0.3 is 19.5 Å². The average Bonchev–Trinajstić information content (AvgIpc) is 2.41. The van der Waals surface area contributed by atoms with E-state index in [0.717, 1.165) is 32.1 Å². The molecule has 1 aliphatic heterocycles. The molecule has 3 atom stereocenters. The maximum atomic E-state index is 5.92. The normalized spacial score (nSPS) is 32.7. The maximum absolute atomic E-state index is 5.92. The van der Waals surface area contributed by atoms with Crippen molar-refractivity contribution in [3.63, 3.8) is 0 Å². The van der Waals surface area contributed by atoms with Crippen molar-refractivity contribution in [2.75, 3.05) is 40.1 Å². The van der Waals surface area contributed by atoms with Crippen molar-refractivity contribution in [2.24, 2.45) is 11.3 Å². The van der Waals surface area contributed by atoms with Crippen molar-refractivity contribution in [3.05, 3.63) is 0 Å². The van der Waals surface area contributed by atoms with Crippen molar-refractivity contribution in [1.29, 1.82) is 0 Å². The zero-order valence-corrected chi connectivity index (χ0v) is 12.6. The van der Waals surface area contributed by atoms with E-state index in [1.807, 2.05) is 0 Å². The fourth-order valence-corrected chi connectivity index (χ4v) is 3.61. The first-order chi connectivity index (χ1) is 9.18. The highest BCUT2D eigenvalue weighted by Crippen LogP contribution is 2.51. The fraction of sp³-hybridized carbons (Fsp3) is 1.00. The van der Waals surface area contributed by atoms with E-state index in [-0.39, 0.29) is 5.41 Å². The fourth-order valence-electron chi connectivity index (χ4n) is 3.61. The number of methoxy groups -OCH3 is 1. The molecule has 0 spiro atoms. The number of nitrogens with one attached hydrogen (secondary N) is 1. The Hall–Kier alpha value is -0.160. The van der Waals surface area contributed by atoms with E-state index in [0.29, 0.717) is 25.4 Å². The third-order valence-electron chi connectivity index (χ3n) is 4.59. The Labute approximate surface area is 117 Å². The molecular formula is C15H29NO3. The minimum Gasteiger partial charge on any atom is -0.382 e. The number of ether oxygens (including phenoxy) is 3. The van der Waals surface area contributed by atoms with Crippen LogP contribution in [0.15, 0.2) is 0 Å². The van der Waals surface area contributed by atoms with Crippen molar-refractivity contribution in [3.8, 4) is 0 Å². The molecule has 0 bridgehead atoms. The predicted molar refractivity (Wildman–Crippen MR) is 75.3 cm³/mol. The molecule has 4 heteroatoms. The van der Waals surface area contributed by atoms with Crippen molar-refractivity contribution in [1.82, 2.24) is 5.32 Å². The lowest BCUT2D eigenvalue weighted by Gasteiger charge is -2.60. The van der Waals surface area contributed by atoms with Gasteiger partial charge in [-0.25, -0.2) is 0 Å². The molecule has 4 nitrogen and oxygen atoms in total. The van der Waals surface area contributed by atoms with Crippen LogP contribution in [0, 0.1) is 11.3 Å². The van der Waals surface area contributed by atoms with Crippen LogP contribution >= 0.6 is 0 Å². The molecule has 0 radical (unpaired) electrons. The van der Waals surface area contributed by atoms with Gasteiger partial charge in [0.15, 0.2) is 0 Å². The molecule has 1 aliphatic carbocycles. The van der Waals surface area contributed by atoms with Crippen molar-refractivity contribution in [2.45, 2.75) is 45.3 Å². The van der Waals surface area contributed by atoms with Gasteiger partial charge in [0.25, 0.3) is 0 Å². The molecule has 2 fully saturated rings. The first-order valence-corrected chi connectivity index (χ1v) is 7.59. The van der Waals surface area contributed by atoms with Crippen LogP contribution in [0.1, 0.15) is 33.1 Å². The Morgan fingerprint density at radius 2 is 2.11 bits per heavy atom. The van der Waals surface area contributed by atoms with Crippen LogP contribution < -0.4 is 5.32 Å². The molecule has 0 aromatic heterocycles. The molecule has 0 aromatic carbocycles. The van der Waals surface area contributed by atoms with Gasteiger partial charge in [0.2, 0.25) is 0 Å². The van der Waals surface area contributed by atoms with E-state index in [4.69, 9.17) is 14.2 Å². The molecule has 1 saturated heterocycles. The van der Waals surface area contributed by atoms with Crippen molar-refractivity contribution >= 4 is 0 Å². The number of hydrogen-bond acceptors (Lipinski definition) is 4. The molecule has 0 amide bonds. The largest absolute Gasteiger partial charge is 0.382 e. The van der Waals surface area contributed by atoms with E-state index in [2.05, 4.69) is 19.2 Å². The lowest BCUT2D eigenvalue weighted by atomic mass is 9.55. The quantitative estimate of drug-likeness (QED) is 0.684. The van der Waals surface area contributed by atoms with E-state index in [9.17, 15) is 0 Å². The molecule has 2 aliphatic rings. The van der Waals surface area contributed by atoms with Crippen LogP contribution in [0.3, 0.4) is 0 Å². The topological polar surface area (TPSA) is 39.7 Å². The third-order valence-corrected chi connectivity index (χ3v) is 4.59.